The van der Waals surface area contributed by atoms with E-state index in [9.17, 15) is 35.0 Å². The minimum Gasteiger partial charge on any atom is -0.504 e. The molecule has 0 aromatic heterocycles. The Balaban J connectivity index is 2.96. The predicted molar refractivity (Wildman–Crippen MR) is 60.7 cm³/mol. The van der Waals surface area contributed by atoms with Crippen LogP contribution in [0, 0.1) is 10.1 Å². The molecule has 2 rings (SSSR count). The molecule has 19 heavy (non-hydrogen) atoms. The van der Waals surface area contributed by atoms with Crippen LogP contribution in [-0.2, 0) is 0 Å². The first kappa shape index (κ1) is 12.8. The number of nitro benzene ring substituents is 1. The van der Waals surface area contributed by atoms with Crippen LogP contribution >= 0.6 is 11.6 Å². The summed E-state index contributed by atoms with van der Waals surface area (Å²) in [5, 5.41) is 38.7. The lowest BCUT2D eigenvalue weighted by Gasteiger charge is -2.15. The molecule has 0 bridgehead atoms. The van der Waals surface area contributed by atoms with E-state index in [0.717, 1.165) is 0 Å². The molecule has 1 aliphatic carbocycles. The fourth-order valence-electron chi connectivity index (χ4n) is 1.70. The van der Waals surface area contributed by atoms with E-state index in [4.69, 9.17) is 11.6 Å². The minimum atomic E-state index is -1.30. The quantitative estimate of drug-likeness (QED) is 0.305. The van der Waals surface area contributed by atoms with Gasteiger partial charge in [0.25, 0.3) is 0 Å². The minimum absolute atomic E-state index is 0.563. The molecule has 0 radical (unpaired) electrons. The molecule has 1 aliphatic rings. The van der Waals surface area contributed by atoms with Crippen molar-refractivity contribution in [2.24, 2.45) is 0 Å². The first-order valence-electron chi connectivity index (χ1n) is 4.68. The highest BCUT2D eigenvalue weighted by Crippen LogP contribution is 2.49. The molecule has 98 valence electrons. The number of benzene rings is 1. The summed E-state index contributed by atoms with van der Waals surface area (Å²) in [6.07, 6.45) is 0.677. The lowest BCUT2D eigenvalue weighted by molar-refractivity contribution is -0.387. The van der Waals surface area contributed by atoms with Crippen molar-refractivity contribution >= 4 is 28.9 Å². The molecule has 0 amide bonds. The molecule has 0 aliphatic heterocycles. The second-order valence-corrected chi connectivity index (χ2v) is 3.99. The van der Waals surface area contributed by atoms with Crippen molar-refractivity contribution in [1.29, 1.82) is 0 Å². The van der Waals surface area contributed by atoms with Crippen molar-refractivity contribution in [2.45, 2.75) is 0 Å². The highest BCUT2D eigenvalue weighted by Gasteiger charge is 2.39. The standard InChI is InChI=1S/C10H4ClNO7/c11-2-1-3(13)4-5(7(2)14)8(15)6(12(18)19)10(17)9(4)16/h1,15-17H. The second kappa shape index (κ2) is 3.95. The Morgan fingerprint density at radius 3 is 2.16 bits per heavy atom. The van der Waals surface area contributed by atoms with Gasteiger partial charge in [-0.05, 0) is 0 Å². The van der Waals surface area contributed by atoms with E-state index < -0.39 is 55.6 Å². The monoisotopic (exact) mass is 285 g/mol. The summed E-state index contributed by atoms with van der Waals surface area (Å²) in [6.45, 7) is 0. The van der Waals surface area contributed by atoms with Gasteiger partial charge in [0.1, 0.15) is 0 Å². The summed E-state index contributed by atoms with van der Waals surface area (Å²) in [6, 6.07) is 0. The summed E-state index contributed by atoms with van der Waals surface area (Å²) in [5.41, 5.74) is -2.81. The van der Waals surface area contributed by atoms with Crippen LogP contribution in [0.25, 0.3) is 0 Å². The molecule has 3 N–H and O–H groups in total. The zero-order valence-electron chi connectivity index (χ0n) is 8.88. The third-order valence-electron chi connectivity index (χ3n) is 2.53. The number of aromatic hydroxyl groups is 3. The number of nitro groups is 1. The SMILES string of the molecule is O=C1C=C(Cl)C(=O)c2c(O)c([N+](=O)[O-])c(O)c(O)c21. The van der Waals surface area contributed by atoms with Crippen LogP contribution in [0.15, 0.2) is 11.1 Å². The van der Waals surface area contributed by atoms with Gasteiger partial charge in [-0.2, -0.15) is 0 Å². The number of carbonyl (C=O) groups excluding carboxylic acids is 2. The van der Waals surface area contributed by atoms with E-state index in [1.165, 1.54) is 0 Å². The van der Waals surface area contributed by atoms with E-state index in [0.29, 0.717) is 6.08 Å². The Bertz CT molecular complexity index is 692. The number of allylic oxidation sites excluding steroid dienone is 2. The number of rotatable bonds is 1. The lowest BCUT2D eigenvalue weighted by atomic mass is 9.91. The van der Waals surface area contributed by atoms with E-state index in [-0.39, 0.29) is 0 Å². The largest absolute Gasteiger partial charge is 0.504 e. The molecule has 0 spiro atoms. The van der Waals surface area contributed by atoms with Gasteiger partial charge in [-0.1, -0.05) is 11.6 Å². The lowest BCUT2D eigenvalue weighted by Crippen LogP contribution is -2.16. The molecule has 0 heterocycles. The number of hydrogen-bond acceptors (Lipinski definition) is 7. The van der Waals surface area contributed by atoms with E-state index in [1.54, 1.807) is 0 Å². The Morgan fingerprint density at radius 1 is 1.05 bits per heavy atom. The van der Waals surface area contributed by atoms with Gasteiger partial charge in [-0.25, -0.2) is 0 Å². The topological polar surface area (TPSA) is 138 Å². The van der Waals surface area contributed by atoms with Crippen molar-refractivity contribution in [2.75, 3.05) is 0 Å². The zero-order chi connectivity index (χ0) is 14.5. The molecule has 0 saturated carbocycles. The maximum Gasteiger partial charge on any atom is 0.356 e. The van der Waals surface area contributed by atoms with Gasteiger partial charge in [-0.15, -0.1) is 0 Å². The maximum atomic E-state index is 11.7. The van der Waals surface area contributed by atoms with Crippen LogP contribution in [0.4, 0.5) is 5.69 Å². The molecule has 0 unspecified atom stereocenters. The van der Waals surface area contributed by atoms with Gasteiger partial charge in [0, 0.05) is 6.08 Å². The predicted octanol–water partition coefficient (Wildman–Crippen LogP) is 1.21. The third kappa shape index (κ3) is 1.61. The number of phenolic OH excluding ortho intramolecular Hbond substituents is 3. The van der Waals surface area contributed by atoms with Crippen molar-refractivity contribution < 1.29 is 29.8 Å². The number of phenols is 3. The van der Waals surface area contributed by atoms with Crippen LogP contribution in [0.3, 0.4) is 0 Å². The molecule has 0 atom stereocenters. The molecule has 9 heteroatoms. The normalized spacial score (nSPS) is 14.1. The third-order valence-corrected chi connectivity index (χ3v) is 2.81. The van der Waals surface area contributed by atoms with Crippen molar-refractivity contribution in [3.8, 4) is 17.2 Å². The summed E-state index contributed by atoms with van der Waals surface area (Å²) < 4.78 is 0. The van der Waals surface area contributed by atoms with Gasteiger partial charge in [0.15, 0.2) is 11.5 Å². The Kier molecular flexibility index (Phi) is 2.67. The van der Waals surface area contributed by atoms with E-state index in [2.05, 4.69) is 0 Å². The number of halogens is 1. The fourth-order valence-corrected chi connectivity index (χ4v) is 1.90. The number of nitrogens with zero attached hydrogens (tertiary/aromatic N) is 1. The van der Waals surface area contributed by atoms with E-state index in [1.807, 2.05) is 0 Å². The maximum absolute atomic E-state index is 11.7. The van der Waals surface area contributed by atoms with E-state index >= 15 is 0 Å². The highest BCUT2D eigenvalue weighted by atomic mass is 35.5. The highest BCUT2D eigenvalue weighted by molar-refractivity contribution is 6.49. The average Bonchev–Trinajstić information content (AvgIpc) is 2.30. The Morgan fingerprint density at radius 2 is 1.63 bits per heavy atom. The van der Waals surface area contributed by atoms with Crippen LogP contribution in [0.2, 0.25) is 0 Å². The van der Waals surface area contributed by atoms with Crippen LogP contribution in [0.5, 0.6) is 17.2 Å². The molecule has 1 aromatic carbocycles. The molecule has 0 saturated heterocycles. The molecular formula is C10H4ClNO7. The van der Waals surface area contributed by atoms with Crippen molar-refractivity contribution in [1.82, 2.24) is 0 Å². The van der Waals surface area contributed by atoms with Crippen molar-refractivity contribution in [3.63, 3.8) is 0 Å². The smallest absolute Gasteiger partial charge is 0.356 e. The first-order valence-corrected chi connectivity index (χ1v) is 5.06. The van der Waals surface area contributed by atoms with Gasteiger partial charge in [0.05, 0.1) is 21.1 Å². The Labute approximate surface area is 109 Å². The first-order chi connectivity index (χ1) is 8.77. The van der Waals surface area contributed by atoms with Gasteiger partial charge < -0.3 is 15.3 Å². The number of hydrogen-bond donors (Lipinski definition) is 3. The second-order valence-electron chi connectivity index (χ2n) is 3.59. The molecule has 1 aromatic rings. The Hall–Kier alpha value is -2.61. The molecule has 8 nitrogen and oxygen atoms in total. The van der Waals surface area contributed by atoms with Gasteiger partial charge in [-0.3, -0.25) is 19.7 Å². The number of fused-ring (bicyclic) bond motifs is 1. The molecular weight excluding hydrogens is 282 g/mol. The molecule has 0 fully saturated rings. The van der Waals surface area contributed by atoms with Crippen LogP contribution in [0.1, 0.15) is 20.7 Å². The number of ketones is 2. The summed E-state index contributed by atoms with van der Waals surface area (Å²) in [4.78, 5) is 32.8. The zero-order valence-corrected chi connectivity index (χ0v) is 9.63. The summed E-state index contributed by atoms with van der Waals surface area (Å²) >= 11 is 5.45. The summed E-state index contributed by atoms with van der Waals surface area (Å²) in [7, 11) is 0. The average molecular weight is 286 g/mol. The van der Waals surface area contributed by atoms with Crippen LogP contribution < -0.4 is 0 Å². The van der Waals surface area contributed by atoms with Crippen molar-refractivity contribution in [3.05, 3.63) is 32.3 Å². The number of Topliss-reactive ketones (excluding diaryl/α,β-unsaturated/α-hetero) is 1. The summed E-state index contributed by atoms with van der Waals surface area (Å²) in [5.74, 6) is -5.70. The van der Waals surface area contributed by atoms with Gasteiger partial charge >= 0.3 is 5.69 Å². The number of carbonyl (C=O) groups is 2. The van der Waals surface area contributed by atoms with Gasteiger partial charge in [0.2, 0.25) is 17.3 Å². The fraction of sp³-hybridized carbons (Fsp3) is 0. The van der Waals surface area contributed by atoms with Crippen LogP contribution in [-0.4, -0.2) is 31.8 Å².